The van der Waals surface area contributed by atoms with Crippen LogP contribution in [0, 0.1) is 17.2 Å². The SMILES string of the molecule is N#CCCN(C(=O)C1CCCCC1)C1CC1. The lowest BCUT2D eigenvalue weighted by atomic mass is 9.88. The van der Waals surface area contributed by atoms with Gasteiger partial charge in [-0.2, -0.15) is 5.26 Å². The van der Waals surface area contributed by atoms with Gasteiger partial charge in [-0.1, -0.05) is 19.3 Å². The van der Waals surface area contributed by atoms with Gasteiger partial charge in [-0.05, 0) is 25.7 Å². The fourth-order valence-electron chi connectivity index (χ4n) is 2.61. The molecule has 3 heteroatoms. The lowest BCUT2D eigenvalue weighted by Crippen LogP contribution is -2.39. The molecule has 0 N–H and O–H groups in total. The van der Waals surface area contributed by atoms with Gasteiger partial charge in [-0.3, -0.25) is 4.79 Å². The number of hydrogen-bond acceptors (Lipinski definition) is 2. The molecule has 2 saturated carbocycles. The van der Waals surface area contributed by atoms with Crippen molar-refractivity contribution < 1.29 is 4.79 Å². The summed E-state index contributed by atoms with van der Waals surface area (Å²) in [6, 6.07) is 2.61. The van der Waals surface area contributed by atoms with Crippen LogP contribution in [0.15, 0.2) is 0 Å². The van der Waals surface area contributed by atoms with Gasteiger partial charge in [-0.15, -0.1) is 0 Å². The summed E-state index contributed by atoms with van der Waals surface area (Å²) >= 11 is 0. The summed E-state index contributed by atoms with van der Waals surface area (Å²) in [6.45, 7) is 0.649. The van der Waals surface area contributed by atoms with Crippen LogP contribution < -0.4 is 0 Å². The van der Waals surface area contributed by atoms with E-state index in [2.05, 4.69) is 6.07 Å². The van der Waals surface area contributed by atoms with E-state index in [4.69, 9.17) is 5.26 Å². The van der Waals surface area contributed by atoms with E-state index in [9.17, 15) is 4.79 Å². The highest BCUT2D eigenvalue weighted by atomic mass is 16.2. The first-order valence-corrected chi connectivity index (χ1v) is 6.50. The second kappa shape index (κ2) is 5.34. The minimum absolute atomic E-state index is 0.257. The quantitative estimate of drug-likeness (QED) is 0.730. The van der Waals surface area contributed by atoms with E-state index < -0.39 is 0 Å². The van der Waals surface area contributed by atoms with E-state index in [1.807, 2.05) is 4.90 Å². The Bertz CT molecular complexity index is 285. The predicted octanol–water partition coefficient (Wildman–Crippen LogP) is 2.47. The van der Waals surface area contributed by atoms with E-state index in [0.717, 1.165) is 25.7 Å². The van der Waals surface area contributed by atoms with Crippen molar-refractivity contribution in [3.05, 3.63) is 0 Å². The van der Waals surface area contributed by atoms with Gasteiger partial charge < -0.3 is 4.90 Å². The highest BCUT2D eigenvalue weighted by Crippen LogP contribution is 2.32. The normalized spacial score (nSPS) is 21.4. The summed E-state index contributed by atoms with van der Waals surface area (Å²) in [6.07, 6.45) is 8.58. The molecule has 3 nitrogen and oxygen atoms in total. The van der Waals surface area contributed by atoms with Crippen molar-refractivity contribution in [2.45, 2.75) is 57.4 Å². The van der Waals surface area contributed by atoms with Crippen molar-refractivity contribution in [2.75, 3.05) is 6.54 Å². The first kappa shape index (κ1) is 11.4. The third-order valence-electron chi connectivity index (χ3n) is 3.69. The molecule has 88 valence electrons. The Kier molecular flexibility index (Phi) is 3.82. The molecule has 0 heterocycles. The molecule has 2 aliphatic rings. The Morgan fingerprint density at radius 3 is 2.44 bits per heavy atom. The van der Waals surface area contributed by atoms with Crippen LogP contribution >= 0.6 is 0 Å². The number of rotatable bonds is 4. The molecule has 2 rings (SSSR count). The number of amides is 1. The average molecular weight is 220 g/mol. The second-order valence-electron chi connectivity index (χ2n) is 5.01. The molecule has 1 amide bonds. The van der Waals surface area contributed by atoms with Crippen LogP contribution in [-0.2, 0) is 4.79 Å². The van der Waals surface area contributed by atoms with Crippen molar-refractivity contribution in [3.63, 3.8) is 0 Å². The Morgan fingerprint density at radius 1 is 1.19 bits per heavy atom. The van der Waals surface area contributed by atoms with Crippen molar-refractivity contribution in [3.8, 4) is 6.07 Å². The standard InChI is InChI=1S/C13H20N2O/c14-9-4-10-15(12-7-8-12)13(16)11-5-2-1-3-6-11/h11-12H,1-8,10H2. The molecule has 0 bridgehead atoms. The third kappa shape index (κ3) is 2.75. The number of nitrogens with zero attached hydrogens (tertiary/aromatic N) is 2. The highest BCUT2D eigenvalue weighted by molar-refractivity contribution is 5.79. The molecular weight excluding hydrogens is 200 g/mol. The van der Waals surface area contributed by atoms with Gasteiger partial charge in [-0.25, -0.2) is 0 Å². The maximum Gasteiger partial charge on any atom is 0.225 e. The summed E-state index contributed by atoms with van der Waals surface area (Å²) < 4.78 is 0. The molecule has 0 unspecified atom stereocenters. The second-order valence-corrected chi connectivity index (χ2v) is 5.01. The molecule has 0 saturated heterocycles. The van der Waals surface area contributed by atoms with Crippen LogP contribution in [0.5, 0.6) is 0 Å². The van der Waals surface area contributed by atoms with Crippen molar-refractivity contribution >= 4 is 5.91 Å². The fourth-order valence-corrected chi connectivity index (χ4v) is 2.61. The van der Waals surface area contributed by atoms with Gasteiger partial charge in [0.2, 0.25) is 5.91 Å². The predicted molar refractivity (Wildman–Crippen MR) is 61.5 cm³/mol. The lowest BCUT2D eigenvalue weighted by molar-refractivity contribution is -0.137. The Morgan fingerprint density at radius 2 is 1.88 bits per heavy atom. The maximum absolute atomic E-state index is 12.3. The molecule has 0 atom stereocenters. The zero-order valence-electron chi connectivity index (χ0n) is 9.82. The Hall–Kier alpha value is -1.04. The average Bonchev–Trinajstić information content (AvgIpc) is 3.15. The molecule has 0 aromatic heterocycles. The van der Waals surface area contributed by atoms with Crippen molar-refractivity contribution in [1.29, 1.82) is 5.26 Å². The Labute approximate surface area is 97.4 Å². The van der Waals surface area contributed by atoms with E-state index in [1.54, 1.807) is 0 Å². The lowest BCUT2D eigenvalue weighted by Gasteiger charge is -2.28. The maximum atomic E-state index is 12.3. The first-order chi connectivity index (χ1) is 7.83. The largest absolute Gasteiger partial charge is 0.338 e. The summed E-state index contributed by atoms with van der Waals surface area (Å²) in [5, 5.41) is 8.62. The van der Waals surface area contributed by atoms with Crippen LogP contribution in [0.3, 0.4) is 0 Å². The van der Waals surface area contributed by atoms with Crippen LogP contribution in [-0.4, -0.2) is 23.4 Å². The topological polar surface area (TPSA) is 44.1 Å². The number of nitriles is 1. The highest BCUT2D eigenvalue weighted by Gasteiger charge is 2.35. The summed E-state index contributed by atoms with van der Waals surface area (Å²) in [7, 11) is 0. The van der Waals surface area contributed by atoms with Gasteiger partial charge in [0.05, 0.1) is 12.5 Å². The first-order valence-electron chi connectivity index (χ1n) is 6.50. The molecule has 0 aliphatic heterocycles. The van der Waals surface area contributed by atoms with Crippen LogP contribution in [0.4, 0.5) is 0 Å². The summed E-state index contributed by atoms with van der Waals surface area (Å²) in [5.74, 6) is 0.588. The molecule has 0 aromatic rings. The van der Waals surface area contributed by atoms with Crippen molar-refractivity contribution in [2.24, 2.45) is 5.92 Å². The van der Waals surface area contributed by atoms with E-state index >= 15 is 0 Å². The van der Waals surface area contributed by atoms with E-state index in [0.29, 0.717) is 24.9 Å². The number of carbonyl (C=O) groups is 1. The van der Waals surface area contributed by atoms with Gasteiger partial charge in [0, 0.05) is 18.5 Å². The monoisotopic (exact) mass is 220 g/mol. The van der Waals surface area contributed by atoms with Gasteiger partial charge in [0.25, 0.3) is 0 Å². The molecule has 0 radical (unpaired) electrons. The van der Waals surface area contributed by atoms with Gasteiger partial charge in [0.1, 0.15) is 0 Å². The smallest absolute Gasteiger partial charge is 0.225 e. The van der Waals surface area contributed by atoms with Crippen LogP contribution in [0.25, 0.3) is 0 Å². The molecule has 0 spiro atoms. The minimum Gasteiger partial charge on any atom is -0.338 e. The Balaban J connectivity index is 1.90. The number of carbonyl (C=O) groups excluding carboxylic acids is 1. The molecule has 2 fully saturated rings. The van der Waals surface area contributed by atoms with E-state index in [1.165, 1.54) is 19.3 Å². The minimum atomic E-state index is 0.257. The third-order valence-corrected chi connectivity index (χ3v) is 3.69. The molecule has 16 heavy (non-hydrogen) atoms. The summed E-state index contributed by atoms with van der Waals surface area (Å²) in [4.78, 5) is 14.3. The van der Waals surface area contributed by atoms with Gasteiger partial charge >= 0.3 is 0 Å². The number of hydrogen-bond donors (Lipinski definition) is 0. The molecule has 0 aromatic carbocycles. The van der Waals surface area contributed by atoms with Crippen molar-refractivity contribution in [1.82, 2.24) is 4.90 Å². The van der Waals surface area contributed by atoms with Gasteiger partial charge in [0.15, 0.2) is 0 Å². The zero-order valence-corrected chi connectivity index (χ0v) is 9.82. The van der Waals surface area contributed by atoms with Crippen LogP contribution in [0.2, 0.25) is 0 Å². The van der Waals surface area contributed by atoms with E-state index in [-0.39, 0.29) is 5.92 Å². The molecule has 2 aliphatic carbocycles. The fraction of sp³-hybridized carbons (Fsp3) is 0.846. The zero-order chi connectivity index (χ0) is 11.4. The van der Waals surface area contributed by atoms with Crippen LogP contribution in [0.1, 0.15) is 51.4 Å². The summed E-state index contributed by atoms with van der Waals surface area (Å²) in [5.41, 5.74) is 0. The molecular formula is C13H20N2O.